The maximum atomic E-state index is 12.1. The molecule has 22 heavy (non-hydrogen) atoms. The number of halogens is 1. The topological polar surface area (TPSA) is 61.4 Å². The highest BCUT2D eigenvalue weighted by Gasteiger charge is 2.34. The van der Waals surface area contributed by atoms with E-state index in [9.17, 15) is 9.59 Å². The minimum atomic E-state index is -0.266. The van der Waals surface area contributed by atoms with E-state index in [1.54, 1.807) is 4.90 Å². The summed E-state index contributed by atoms with van der Waals surface area (Å²) in [4.78, 5) is 26.0. The molecule has 1 aromatic carbocycles. The number of carbonyl (C=O) groups excluding carboxylic acids is 2. The van der Waals surface area contributed by atoms with Crippen LogP contribution in [0.2, 0.25) is 0 Å². The lowest BCUT2D eigenvalue weighted by Crippen LogP contribution is -2.37. The summed E-state index contributed by atoms with van der Waals surface area (Å²) in [6.45, 7) is 4.86. The molecule has 2 amide bonds. The number of benzene rings is 1. The Labute approximate surface area is 139 Å². The number of hydrogen-bond donors (Lipinski definition) is 2. The number of carbonyl (C=O) groups is 2. The summed E-state index contributed by atoms with van der Waals surface area (Å²) >= 11 is 3.40. The molecule has 0 aromatic heterocycles. The molecule has 1 aliphatic heterocycles. The number of nitrogens with zero attached hydrogens (tertiary/aromatic N) is 1. The smallest absolute Gasteiger partial charge is 0.227 e. The highest BCUT2D eigenvalue weighted by Crippen LogP contribution is 2.27. The Morgan fingerprint density at radius 2 is 2.18 bits per heavy atom. The zero-order valence-electron chi connectivity index (χ0n) is 12.8. The number of hydrogen-bond acceptors (Lipinski definition) is 3. The second kappa shape index (κ2) is 8.29. The average molecular weight is 368 g/mol. The van der Waals surface area contributed by atoms with Crippen molar-refractivity contribution in [1.82, 2.24) is 10.6 Å². The summed E-state index contributed by atoms with van der Waals surface area (Å²) in [6.07, 6.45) is 1.35. The molecule has 2 rings (SSSR count). The van der Waals surface area contributed by atoms with Gasteiger partial charge < -0.3 is 15.5 Å². The Morgan fingerprint density at radius 1 is 1.36 bits per heavy atom. The normalized spacial score (nSPS) is 17.8. The minimum absolute atomic E-state index is 0.00218. The van der Waals surface area contributed by atoms with Crippen LogP contribution in [-0.4, -0.2) is 38.0 Å². The van der Waals surface area contributed by atoms with Crippen LogP contribution in [-0.2, 0) is 9.59 Å². The number of anilines is 1. The van der Waals surface area contributed by atoms with E-state index in [4.69, 9.17) is 0 Å². The lowest BCUT2D eigenvalue weighted by Gasteiger charge is -2.17. The maximum absolute atomic E-state index is 12.1. The van der Waals surface area contributed by atoms with Gasteiger partial charge in [-0.05, 0) is 31.2 Å². The summed E-state index contributed by atoms with van der Waals surface area (Å²) in [5.74, 6) is -0.302. The van der Waals surface area contributed by atoms with E-state index in [0.29, 0.717) is 13.1 Å². The van der Waals surface area contributed by atoms with Gasteiger partial charge in [0.05, 0.1) is 5.92 Å². The van der Waals surface area contributed by atoms with Gasteiger partial charge in [-0.15, -0.1) is 0 Å². The van der Waals surface area contributed by atoms with Crippen molar-refractivity contribution in [2.24, 2.45) is 5.92 Å². The van der Waals surface area contributed by atoms with Crippen LogP contribution >= 0.6 is 15.9 Å². The van der Waals surface area contributed by atoms with Gasteiger partial charge in [-0.25, -0.2) is 0 Å². The fraction of sp³-hybridized carbons (Fsp3) is 0.500. The van der Waals surface area contributed by atoms with Crippen LogP contribution in [0.5, 0.6) is 0 Å². The van der Waals surface area contributed by atoms with Gasteiger partial charge in [-0.3, -0.25) is 9.59 Å². The Kier molecular flexibility index (Phi) is 6.39. The van der Waals surface area contributed by atoms with Gasteiger partial charge in [0.25, 0.3) is 0 Å². The lowest BCUT2D eigenvalue weighted by molar-refractivity contribution is -0.126. The number of nitrogens with one attached hydrogen (secondary N) is 2. The largest absolute Gasteiger partial charge is 0.355 e. The first kappa shape index (κ1) is 17.0. The predicted octanol–water partition coefficient (Wildman–Crippen LogP) is 1.92. The first-order chi connectivity index (χ1) is 10.6. The van der Waals surface area contributed by atoms with Crippen molar-refractivity contribution in [2.75, 3.05) is 31.1 Å². The van der Waals surface area contributed by atoms with Gasteiger partial charge in [0.15, 0.2) is 0 Å². The zero-order chi connectivity index (χ0) is 15.9. The molecule has 0 saturated carbocycles. The van der Waals surface area contributed by atoms with Crippen molar-refractivity contribution in [2.45, 2.75) is 19.8 Å². The highest BCUT2D eigenvalue weighted by molar-refractivity contribution is 9.10. The first-order valence-electron chi connectivity index (χ1n) is 7.66. The standard InChI is InChI=1S/C16H22BrN3O2/c1-2-6-18-7-8-19-16(22)12-9-15(21)20(11-12)14-5-3-4-13(17)10-14/h3-5,10,12,18H,2,6-9,11H2,1H3,(H,19,22). The highest BCUT2D eigenvalue weighted by atomic mass is 79.9. The van der Waals surface area contributed by atoms with Crippen molar-refractivity contribution >= 4 is 33.4 Å². The molecular formula is C16H22BrN3O2. The molecule has 1 aromatic rings. The Bertz CT molecular complexity index is 536. The van der Waals surface area contributed by atoms with E-state index in [2.05, 4.69) is 33.5 Å². The predicted molar refractivity (Wildman–Crippen MR) is 90.8 cm³/mol. The molecule has 1 unspecified atom stereocenters. The van der Waals surface area contributed by atoms with E-state index in [1.807, 2.05) is 24.3 Å². The van der Waals surface area contributed by atoms with E-state index in [0.717, 1.165) is 29.7 Å². The van der Waals surface area contributed by atoms with E-state index < -0.39 is 0 Å². The Hall–Kier alpha value is -1.40. The van der Waals surface area contributed by atoms with E-state index in [1.165, 1.54) is 0 Å². The van der Waals surface area contributed by atoms with Gasteiger partial charge in [-0.1, -0.05) is 28.9 Å². The zero-order valence-corrected chi connectivity index (χ0v) is 14.4. The second-order valence-corrected chi connectivity index (χ2v) is 6.34. The number of amides is 2. The number of rotatable bonds is 7. The molecule has 1 saturated heterocycles. The molecule has 5 nitrogen and oxygen atoms in total. The van der Waals surface area contributed by atoms with Crippen molar-refractivity contribution in [1.29, 1.82) is 0 Å². The third-order valence-electron chi connectivity index (χ3n) is 3.64. The maximum Gasteiger partial charge on any atom is 0.227 e. The molecule has 1 heterocycles. The SMILES string of the molecule is CCCNCCNC(=O)C1CC(=O)N(c2cccc(Br)c2)C1. The second-order valence-electron chi connectivity index (χ2n) is 5.43. The molecule has 0 bridgehead atoms. The van der Waals surface area contributed by atoms with Gasteiger partial charge in [-0.2, -0.15) is 0 Å². The monoisotopic (exact) mass is 367 g/mol. The summed E-state index contributed by atoms with van der Waals surface area (Å²) in [6, 6.07) is 7.58. The lowest BCUT2D eigenvalue weighted by atomic mass is 10.1. The fourth-order valence-electron chi connectivity index (χ4n) is 2.50. The van der Waals surface area contributed by atoms with Gasteiger partial charge in [0, 0.05) is 36.2 Å². The average Bonchev–Trinajstić information content (AvgIpc) is 2.89. The molecule has 0 radical (unpaired) electrons. The van der Waals surface area contributed by atoms with Crippen LogP contribution in [0.3, 0.4) is 0 Å². The molecule has 1 aliphatic rings. The van der Waals surface area contributed by atoms with Crippen LogP contribution in [0, 0.1) is 5.92 Å². The molecule has 0 aliphatic carbocycles. The van der Waals surface area contributed by atoms with Crippen molar-refractivity contribution in [3.8, 4) is 0 Å². The molecule has 1 atom stereocenters. The first-order valence-corrected chi connectivity index (χ1v) is 8.45. The van der Waals surface area contributed by atoms with Gasteiger partial charge in [0.1, 0.15) is 0 Å². The summed E-state index contributed by atoms with van der Waals surface area (Å²) in [7, 11) is 0. The third kappa shape index (κ3) is 4.55. The Morgan fingerprint density at radius 3 is 2.91 bits per heavy atom. The van der Waals surface area contributed by atoms with Crippen LogP contribution in [0.25, 0.3) is 0 Å². The molecule has 2 N–H and O–H groups in total. The van der Waals surface area contributed by atoms with Crippen LogP contribution < -0.4 is 15.5 Å². The van der Waals surface area contributed by atoms with Gasteiger partial charge >= 0.3 is 0 Å². The van der Waals surface area contributed by atoms with Crippen molar-refractivity contribution in [3.05, 3.63) is 28.7 Å². The van der Waals surface area contributed by atoms with Crippen molar-refractivity contribution < 1.29 is 9.59 Å². The quantitative estimate of drug-likeness (QED) is 0.723. The molecular weight excluding hydrogens is 346 g/mol. The van der Waals surface area contributed by atoms with Crippen LogP contribution in [0.4, 0.5) is 5.69 Å². The van der Waals surface area contributed by atoms with Crippen molar-refractivity contribution in [3.63, 3.8) is 0 Å². The van der Waals surface area contributed by atoms with Crippen LogP contribution in [0.1, 0.15) is 19.8 Å². The molecule has 1 fully saturated rings. The van der Waals surface area contributed by atoms with E-state index >= 15 is 0 Å². The minimum Gasteiger partial charge on any atom is -0.355 e. The summed E-state index contributed by atoms with van der Waals surface area (Å²) in [5, 5.41) is 6.13. The fourth-order valence-corrected chi connectivity index (χ4v) is 2.88. The molecule has 0 spiro atoms. The third-order valence-corrected chi connectivity index (χ3v) is 4.14. The molecule has 6 heteroatoms. The Balaban J connectivity index is 1.85. The van der Waals surface area contributed by atoms with E-state index in [-0.39, 0.29) is 24.2 Å². The summed E-state index contributed by atoms with van der Waals surface area (Å²) in [5.41, 5.74) is 0.833. The van der Waals surface area contributed by atoms with Gasteiger partial charge in [0.2, 0.25) is 11.8 Å². The summed E-state index contributed by atoms with van der Waals surface area (Å²) < 4.78 is 0.924. The molecule has 120 valence electrons. The van der Waals surface area contributed by atoms with Crippen LogP contribution in [0.15, 0.2) is 28.7 Å².